The number of carbonyl (C=O) groups is 1. The lowest BCUT2D eigenvalue weighted by molar-refractivity contribution is 0.0376. The van der Waals surface area contributed by atoms with Gasteiger partial charge < -0.3 is 25.5 Å². The molecule has 1 fully saturated rings. The van der Waals surface area contributed by atoms with E-state index in [0.29, 0.717) is 11.1 Å². The lowest BCUT2D eigenvalue weighted by Crippen LogP contribution is -2.57. The predicted octanol–water partition coefficient (Wildman–Crippen LogP) is -0.620. The first-order chi connectivity index (χ1) is 11.6. The molecule has 1 saturated heterocycles. The summed E-state index contributed by atoms with van der Waals surface area (Å²) in [5.41, 5.74) is 0.542. The van der Waals surface area contributed by atoms with Gasteiger partial charge in [0.2, 0.25) is 0 Å². The van der Waals surface area contributed by atoms with Gasteiger partial charge in [0.25, 0.3) is 5.91 Å². The maximum atomic E-state index is 12.5. The van der Waals surface area contributed by atoms with Crippen LogP contribution in [0.25, 0.3) is 5.52 Å². The molecule has 3 heterocycles. The predicted molar refractivity (Wildman–Crippen MR) is 88.1 cm³/mol. The van der Waals surface area contributed by atoms with Crippen molar-refractivity contribution in [2.45, 2.75) is 18.4 Å². The van der Waals surface area contributed by atoms with E-state index in [-0.39, 0.29) is 0 Å². The van der Waals surface area contributed by atoms with Gasteiger partial charge in [-0.05, 0) is 25.0 Å². The summed E-state index contributed by atoms with van der Waals surface area (Å²) in [5.74, 6) is -0.499. The van der Waals surface area contributed by atoms with Crippen molar-refractivity contribution in [3.63, 3.8) is 0 Å². The molecule has 0 aliphatic carbocycles. The Bertz CT molecular complexity index is 712. The average molecular weight is 334 g/mol. The maximum Gasteiger partial charge on any atom is 0.255 e. The molecule has 0 spiro atoms. The van der Waals surface area contributed by atoms with Gasteiger partial charge in [0, 0.05) is 25.0 Å². The molecule has 0 unspecified atom stereocenters. The number of rotatable bonds is 6. The minimum Gasteiger partial charge on any atom is -0.394 e. The minimum atomic E-state index is -1.46. The Kier molecular flexibility index (Phi) is 4.70. The summed E-state index contributed by atoms with van der Waals surface area (Å²) in [5, 5.41) is 34.8. The number of amides is 1. The summed E-state index contributed by atoms with van der Waals surface area (Å²) < 4.78 is 1.60. The largest absolute Gasteiger partial charge is 0.394 e. The fourth-order valence-electron chi connectivity index (χ4n) is 2.89. The van der Waals surface area contributed by atoms with Crippen molar-refractivity contribution in [1.29, 1.82) is 0 Å². The first-order valence-electron chi connectivity index (χ1n) is 8.00. The number of carbonyl (C=O) groups excluding carboxylic acids is 1. The molecule has 0 saturated carbocycles. The highest BCUT2D eigenvalue weighted by Crippen LogP contribution is 2.23. The van der Waals surface area contributed by atoms with Gasteiger partial charge in [-0.1, -0.05) is 0 Å². The second kappa shape index (κ2) is 6.76. The van der Waals surface area contributed by atoms with Crippen LogP contribution in [0.1, 0.15) is 23.2 Å². The fourth-order valence-corrected chi connectivity index (χ4v) is 2.89. The van der Waals surface area contributed by atoms with Gasteiger partial charge in [-0.25, -0.2) is 4.52 Å². The molecule has 0 radical (unpaired) electrons. The van der Waals surface area contributed by atoms with Crippen LogP contribution in [-0.2, 0) is 0 Å². The van der Waals surface area contributed by atoms with Gasteiger partial charge in [0.05, 0.1) is 37.1 Å². The molecule has 24 heavy (non-hydrogen) atoms. The van der Waals surface area contributed by atoms with Crippen LogP contribution in [0.5, 0.6) is 0 Å². The van der Waals surface area contributed by atoms with Gasteiger partial charge in [-0.15, -0.1) is 0 Å². The number of pyridine rings is 1. The molecule has 3 rings (SSSR count). The van der Waals surface area contributed by atoms with Crippen molar-refractivity contribution in [2.75, 3.05) is 37.8 Å². The van der Waals surface area contributed by atoms with Crippen molar-refractivity contribution < 1.29 is 20.1 Å². The molecule has 2 aromatic heterocycles. The third kappa shape index (κ3) is 2.95. The van der Waals surface area contributed by atoms with Crippen LogP contribution in [0.4, 0.5) is 5.69 Å². The van der Waals surface area contributed by atoms with Crippen LogP contribution in [-0.4, -0.2) is 69.3 Å². The van der Waals surface area contributed by atoms with Gasteiger partial charge in [0.1, 0.15) is 5.54 Å². The second-order valence-electron chi connectivity index (χ2n) is 6.18. The Morgan fingerprint density at radius 1 is 1.21 bits per heavy atom. The summed E-state index contributed by atoms with van der Waals surface area (Å²) in [6, 6.07) is 3.87. The lowest BCUT2D eigenvalue weighted by Gasteiger charge is -2.28. The first kappa shape index (κ1) is 16.7. The van der Waals surface area contributed by atoms with E-state index < -0.39 is 31.3 Å². The smallest absolute Gasteiger partial charge is 0.255 e. The van der Waals surface area contributed by atoms with Crippen molar-refractivity contribution in [3.8, 4) is 0 Å². The highest BCUT2D eigenvalue weighted by Gasteiger charge is 2.31. The van der Waals surface area contributed by atoms with Gasteiger partial charge in [-0.2, -0.15) is 5.10 Å². The SMILES string of the molecule is O=C(NC(CO)(CO)CO)c1cnn2ccc(N3CCCC3)cc12. The van der Waals surface area contributed by atoms with Crippen LogP contribution < -0.4 is 10.2 Å². The Labute approximate surface area is 139 Å². The van der Waals surface area contributed by atoms with Crippen molar-refractivity contribution in [3.05, 3.63) is 30.1 Å². The zero-order chi connectivity index (χ0) is 17.2. The number of nitrogens with zero attached hydrogens (tertiary/aromatic N) is 3. The Morgan fingerprint density at radius 2 is 1.88 bits per heavy atom. The molecule has 2 aromatic rings. The van der Waals surface area contributed by atoms with Crippen molar-refractivity contribution in [1.82, 2.24) is 14.9 Å². The van der Waals surface area contributed by atoms with Crippen molar-refractivity contribution in [2.24, 2.45) is 0 Å². The summed E-state index contributed by atoms with van der Waals surface area (Å²) >= 11 is 0. The fraction of sp³-hybridized carbons (Fsp3) is 0.500. The Hall–Kier alpha value is -2.16. The van der Waals surface area contributed by atoms with E-state index in [1.165, 1.54) is 6.20 Å². The second-order valence-corrected chi connectivity index (χ2v) is 6.18. The summed E-state index contributed by atoms with van der Waals surface area (Å²) in [6.45, 7) is 0.293. The van der Waals surface area contributed by atoms with Gasteiger partial charge >= 0.3 is 0 Å². The zero-order valence-corrected chi connectivity index (χ0v) is 13.4. The van der Waals surface area contributed by atoms with Crippen LogP contribution >= 0.6 is 0 Å². The minimum absolute atomic E-state index is 0.329. The molecule has 0 aromatic carbocycles. The molecular weight excluding hydrogens is 312 g/mol. The van der Waals surface area contributed by atoms with E-state index in [1.54, 1.807) is 10.7 Å². The van der Waals surface area contributed by atoms with Crippen LogP contribution in [0.2, 0.25) is 0 Å². The van der Waals surface area contributed by atoms with Crippen LogP contribution in [0.3, 0.4) is 0 Å². The standard InChI is InChI=1S/C16H22N4O4/c21-9-16(10-22,11-23)18-15(24)13-8-17-20-6-3-12(7-14(13)20)19-4-1-2-5-19/h3,6-8,21-23H,1-2,4-5,9-11H2,(H,18,24). The van der Waals surface area contributed by atoms with E-state index in [9.17, 15) is 20.1 Å². The third-order valence-electron chi connectivity index (χ3n) is 4.51. The van der Waals surface area contributed by atoms with E-state index >= 15 is 0 Å². The zero-order valence-electron chi connectivity index (χ0n) is 13.4. The van der Waals surface area contributed by atoms with E-state index in [4.69, 9.17) is 0 Å². The van der Waals surface area contributed by atoms with E-state index in [1.807, 2.05) is 12.1 Å². The number of hydrogen-bond donors (Lipinski definition) is 4. The van der Waals surface area contributed by atoms with Crippen molar-refractivity contribution >= 4 is 17.1 Å². The summed E-state index contributed by atoms with van der Waals surface area (Å²) in [7, 11) is 0. The molecule has 1 aliphatic rings. The molecule has 130 valence electrons. The topological polar surface area (TPSA) is 110 Å². The maximum absolute atomic E-state index is 12.5. The molecule has 1 aliphatic heterocycles. The Balaban J connectivity index is 1.91. The molecule has 0 bridgehead atoms. The molecular formula is C16H22N4O4. The molecule has 8 nitrogen and oxygen atoms in total. The number of anilines is 1. The summed E-state index contributed by atoms with van der Waals surface area (Å²) in [4.78, 5) is 14.8. The van der Waals surface area contributed by atoms with Crippen LogP contribution in [0.15, 0.2) is 24.5 Å². The number of hydrogen-bond acceptors (Lipinski definition) is 6. The Morgan fingerprint density at radius 3 is 2.50 bits per heavy atom. The molecule has 4 N–H and O–H groups in total. The number of fused-ring (bicyclic) bond motifs is 1. The summed E-state index contributed by atoms with van der Waals surface area (Å²) in [6.07, 6.45) is 5.56. The number of aliphatic hydroxyl groups is 3. The van der Waals surface area contributed by atoms with E-state index in [0.717, 1.165) is 31.6 Å². The third-order valence-corrected chi connectivity index (χ3v) is 4.51. The van der Waals surface area contributed by atoms with Gasteiger partial charge in [-0.3, -0.25) is 4.79 Å². The highest BCUT2D eigenvalue weighted by atomic mass is 16.3. The first-order valence-corrected chi connectivity index (χ1v) is 8.00. The lowest BCUT2D eigenvalue weighted by atomic mass is 10.0. The number of aliphatic hydroxyl groups excluding tert-OH is 3. The normalized spacial score (nSPS) is 15.2. The number of nitrogens with one attached hydrogen (secondary N) is 1. The van der Waals surface area contributed by atoms with E-state index in [2.05, 4.69) is 15.3 Å². The van der Waals surface area contributed by atoms with Gasteiger partial charge in [0.15, 0.2) is 0 Å². The van der Waals surface area contributed by atoms with Crippen LogP contribution in [0, 0.1) is 0 Å². The molecule has 8 heteroatoms. The number of aromatic nitrogens is 2. The quantitative estimate of drug-likeness (QED) is 0.560. The average Bonchev–Trinajstić information content (AvgIpc) is 3.28. The molecule has 0 atom stereocenters. The monoisotopic (exact) mass is 334 g/mol. The molecule has 1 amide bonds. The highest BCUT2D eigenvalue weighted by molar-refractivity contribution is 6.01.